The maximum atomic E-state index is 3.96. The van der Waals surface area contributed by atoms with Gasteiger partial charge in [0, 0.05) is 6.54 Å². The number of rotatable bonds is 4. The number of hydrogen-bond acceptors (Lipinski definition) is 1. The predicted molar refractivity (Wildman–Crippen MR) is 54.3 cm³/mol. The highest BCUT2D eigenvalue weighted by Gasteiger charge is 2.30. The van der Waals surface area contributed by atoms with Crippen LogP contribution < -0.4 is 5.32 Å². The molecule has 1 aliphatic rings. The van der Waals surface area contributed by atoms with E-state index in [1.54, 1.807) is 0 Å². The number of nitrogens with one attached hydrogen (secondary N) is 1. The molecule has 0 aliphatic carbocycles. The largest absolute Gasteiger partial charge is 0.316 e. The predicted octanol–water partition coefficient (Wildman–Crippen LogP) is 2.73. The molecular weight excluding hydrogens is 146 g/mol. The van der Waals surface area contributed by atoms with Gasteiger partial charge in [-0.3, -0.25) is 0 Å². The van der Waals surface area contributed by atoms with Gasteiger partial charge in [-0.25, -0.2) is 0 Å². The maximum Gasteiger partial charge on any atom is 0.000830 e. The zero-order chi connectivity index (χ0) is 9.03. The van der Waals surface area contributed by atoms with Crippen molar-refractivity contribution >= 4 is 0 Å². The van der Waals surface area contributed by atoms with E-state index in [-0.39, 0.29) is 0 Å². The van der Waals surface area contributed by atoms with Gasteiger partial charge in [0.25, 0.3) is 0 Å². The van der Waals surface area contributed by atoms with Gasteiger partial charge in [-0.05, 0) is 44.6 Å². The van der Waals surface area contributed by atoms with Crippen LogP contribution in [0.2, 0.25) is 0 Å². The Morgan fingerprint density at radius 3 is 2.75 bits per heavy atom. The minimum Gasteiger partial charge on any atom is -0.316 e. The Labute approximate surface area is 76.2 Å². The Bertz CT molecular complexity index is 154. The lowest BCUT2D eigenvalue weighted by atomic mass is 9.79. The van der Waals surface area contributed by atoms with Gasteiger partial charge >= 0.3 is 0 Å². The first-order valence-electron chi connectivity index (χ1n) is 5.04. The Kier molecular flexibility index (Phi) is 3.33. The first-order valence-corrected chi connectivity index (χ1v) is 5.04. The zero-order valence-electron chi connectivity index (χ0n) is 8.45. The first-order chi connectivity index (χ1) is 5.68. The van der Waals surface area contributed by atoms with Crippen LogP contribution in [0.4, 0.5) is 0 Å². The van der Waals surface area contributed by atoms with Crippen molar-refractivity contribution in [2.24, 2.45) is 5.41 Å². The molecule has 0 aromatic rings. The minimum absolute atomic E-state index is 0.596. The van der Waals surface area contributed by atoms with Gasteiger partial charge in [-0.2, -0.15) is 0 Å². The van der Waals surface area contributed by atoms with Crippen molar-refractivity contribution in [3.63, 3.8) is 0 Å². The summed E-state index contributed by atoms with van der Waals surface area (Å²) in [5.74, 6) is 0. The van der Waals surface area contributed by atoms with E-state index < -0.39 is 0 Å². The molecule has 1 heterocycles. The molecule has 0 amide bonds. The van der Waals surface area contributed by atoms with E-state index in [0.29, 0.717) is 5.41 Å². The van der Waals surface area contributed by atoms with E-state index in [2.05, 4.69) is 25.7 Å². The highest BCUT2D eigenvalue weighted by atomic mass is 14.9. The molecule has 0 saturated carbocycles. The van der Waals surface area contributed by atoms with Crippen LogP contribution in [0, 0.1) is 5.41 Å². The lowest BCUT2D eigenvalue weighted by Crippen LogP contribution is -2.22. The summed E-state index contributed by atoms with van der Waals surface area (Å²) in [6, 6.07) is 0. The molecule has 1 fully saturated rings. The summed E-state index contributed by atoms with van der Waals surface area (Å²) in [7, 11) is 0. The van der Waals surface area contributed by atoms with Crippen molar-refractivity contribution in [2.75, 3.05) is 13.1 Å². The average Bonchev–Trinajstić information content (AvgIpc) is 2.50. The van der Waals surface area contributed by atoms with E-state index in [4.69, 9.17) is 0 Å². The van der Waals surface area contributed by atoms with Crippen LogP contribution in [-0.2, 0) is 0 Å². The van der Waals surface area contributed by atoms with Crippen molar-refractivity contribution in [2.45, 2.75) is 39.5 Å². The average molecular weight is 167 g/mol. The Balaban J connectivity index is 2.39. The van der Waals surface area contributed by atoms with Crippen LogP contribution >= 0.6 is 0 Å². The van der Waals surface area contributed by atoms with E-state index >= 15 is 0 Å². The second kappa shape index (κ2) is 4.08. The molecule has 0 spiro atoms. The molecule has 70 valence electrons. The summed E-state index contributed by atoms with van der Waals surface area (Å²) in [5, 5.41) is 3.46. The summed E-state index contributed by atoms with van der Waals surface area (Å²) in [4.78, 5) is 0. The fourth-order valence-electron chi connectivity index (χ4n) is 1.97. The Morgan fingerprint density at radius 2 is 2.33 bits per heavy atom. The third kappa shape index (κ3) is 2.34. The van der Waals surface area contributed by atoms with Crippen LogP contribution in [0.25, 0.3) is 0 Å². The normalized spacial score (nSPS) is 29.2. The van der Waals surface area contributed by atoms with Gasteiger partial charge in [0.1, 0.15) is 0 Å². The Hall–Kier alpha value is -0.300. The molecule has 1 N–H and O–H groups in total. The molecule has 0 radical (unpaired) electrons. The second-order valence-corrected chi connectivity index (χ2v) is 4.24. The smallest absolute Gasteiger partial charge is 0.000830 e. The third-order valence-electron chi connectivity index (χ3n) is 3.16. The fourth-order valence-corrected chi connectivity index (χ4v) is 1.97. The molecule has 1 aliphatic heterocycles. The monoisotopic (exact) mass is 167 g/mol. The molecule has 0 aromatic carbocycles. The van der Waals surface area contributed by atoms with Crippen molar-refractivity contribution in [1.82, 2.24) is 5.32 Å². The molecular formula is C11H21N. The molecule has 1 saturated heterocycles. The summed E-state index contributed by atoms with van der Waals surface area (Å²) < 4.78 is 0. The summed E-state index contributed by atoms with van der Waals surface area (Å²) >= 11 is 0. The zero-order valence-corrected chi connectivity index (χ0v) is 8.45. The van der Waals surface area contributed by atoms with Gasteiger partial charge in [-0.1, -0.05) is 12.5 Å². The molecule has 0 aromatic heterocycles. The fraction of sp³-hybridized carbons (Fsp3) is 0.818. The quantitative estimate of drug-likeness (QED) is 0.635. The molecule has 1 unspecified atom stereocenters. The van der Waals surface area contributed by atoms with Gasteiger partial charge in [0.2, 0.25) is 0 Å². The van der Waals surface area contributed by atoms with Crippen LogP contribution in [0.15, 0.2) is 12.2 Å². The van der Waals surface area contributed by atoms with Crippen molar-refractivity contribution < 1.29 is 0 Å². The van der Waals surface area contributed by atoms with Crippen LogP contribution in [0.5, 0.6) is 0 Å². The van der Waals surface area contributed by atoms with Gasteiger partial charge in [0.15, 0.2) is 0 Å². The minimum atomic E-state index is 0.596. The van der Waals surface area contributed by atoms with Gasteiger partial charge < -0.3 is 5.32 Å². The summed E-state index contributed by atoms with van der Waals surface area (Å²) in [6.45, 7) is 10.8. The molecule has 1 nitrogen and oxygen atoms in total. The van der Waals surface area contributed by atoms with Gasteiger partial charge in [-0.15, -0.1) is 6.58 Å². The highest BCUT2D eigenvalue weighted by Crippen LogP contribution is 2.35. The van der Waals surface area contributed by atoms with E-state index in [1.807, 2.05) is 0 Å². The van der Waals surface area contributed by atoms with E-state index in [9.17, 15) is 0 Å². The lowest BCUT2D eigenvalue weighted by molar-refractivity contribution is 0.284. The Morgan fingerprint density at radius 1 is 1.58 bits per heavy atom. The van der Waals surface area contributed by atoms with E-state index in [0.717, 1.165) is 0 Å². The SMILES string of the molecule is C=C(C)CCC1(CC)CCNC1. The topological polar surface area (TPSA) is 12.0 Å². The van der Waals surface area contributed by atoms with Crippen molar-refractivity contribution in [3.8, 4) is 0 Å². The lowest BCUT2D eigenvalue weighted by Gasteiger charge is -2.26. The number of hydrogen-bond donors (Lipinski definition) is 1. The molecule has 1 heteroatoms. The molecule has 1 rings (SSSR count). The first kappa shape index (κ1) is 9.79. The van der Waals surface area contributed by atoms with E-state index in [1.165, 1.54) is 44.3 Å². The summed E-state index contributed by atoms with van der Waals surface area (Å²) in [6.07, 6.45) is 5.20. The van der Waals surface area contributed by atoms with Crippen molar-refractivity contribution in [3.05, 3.63) is 12.2 Å². The highest BCUT2D eigenvalue weighted by molar-refractivity contribution is 4.94. The van der Waals surface area contributed by atoms with Crippen LogP contribution in [0.1, 0.15) is 39.5 Å². The van der Waals surface area contributed by atoms with Gasteiger partial charge in [0.05, 0.1) is 0 Å². The third-order valence-corrected chi connectivity index (χ3v) is 3.16. The number of allylic oxidation sites excluding steroid dienone is 1. The van der Waals surface area contributed by atoms with Crippen LogP contribution in [0.3, 0.4) is 0 Å². The van der Waals surface area contributed by atoms with Crippen molar-refractivity contribution in [1.29, 1.82) is 0 Å². The molecule has 12 heavy (non-hydrogen) atoms. The molecule has 1 atom stereocenters. The van der Waals surface area contributed by atoms with Crippen LogP contribution in [-0.4, -0.2) is 13.1 Å². The molecule has 0 bridgehead atoms. The standard InChI is InChI=1S/C11H21N/c1-4-11(6-5-10(2)3)7-8-12-9-11/h12H,2,4-9H2,1,3H3. The summed E-state index contributed by atoms with van der Waals surface area (Å²) in [5.41, 5.74) is 1.92. The maximum absolute atomic E-state index is 3.96. The second-order valence-electron chi connectivity index (χ2n) is 4.24.